The van der Waals surface area contributed by atoms with Gasteiger partial charge in [-0.1, -0.05) is 12.1 Å². The highest BCUT2D eigenvalue weighted by atomic mass is 79.9. The number of oxime groups is 1. The van der Waals surface area contributed by atoms with Crippen LogP contribution in [-0.2, 0) is 24.2 Å². The Balaban J connectivity index is 2.12. The first-order valence-electron chi connectivity index (χ1n) is 7.16. The summed E-state index contributed by atoms with van der Waals surface area (Å²) in [4.78, 5) is 2.24. The van der Waals surface area contributed by atoms with Gasteiger partial charge in [-0.2, -0.15) is 5.10 Å². The molecule has 0 aromatic carbocycles. The fourth-order valence-electron chi connectivity index (χ4n) is 2.47. The maximum Gasteiger partial charge on any atom is 0.169 e. The molecule has 2 rings (SSSR count). The Morgan fingerprint density at radius 1 is 1.57 bits per heavy atom. The van der Waals surface area contributed by atoms with Gasteiger partial charge in [-0.15, -0.1) is 0 Å². The topological polar surface area (TPSA) is 88.9 Å². The van der Waals surface area contributed by atoms with E-state index in [0.717, 1.165) is 41.9 Å². The lowest BCUT2D eigenvalue weighted by Crippen LogP contribution is -2.48. The van der Waals surface area contributed by atoms with Gasteiger partial charge in [0.15, 0.2) is 5.84 Å². The summed E-state index contributed by atoms with van der Waals surface area (Å²) in [6.45, 7) is 7.78. The van der Waals surface area contributed by atoms with E-state index in [2.05, 4.69) is 44.9 Å². The van der Waals surface area contributed by atoms with Crippen molar-refractivity contribution in [3.05, 3.63) is 15.9 Å². The second kappa shape index (κ2) is 7.24. The van der Waals surface area contributed by atoms with E-state index in [9.17, 15) is 0 Å². The maximum absolute atomic E-state index is 8.77. The van der Waals surface area contributed by atoms with E-state index in [1.165, 1.54) is 0 Å². The van der Waals surface area contributed by atoms with Crippen LogP contribution in [0.1, 0.15) is 25.2 Å². The molecule has 0 spiro atoms. The molecule has 8 heteroatoms. The van der Waals surface area contributed by atoms with Crippen molar-refractivity contribution in [3.63, 3.8) is 0 Å². The quantitative estimate of drug-likeness (QED) is 0.356. The summed E-state index contributed by atoms with van der Waals surface area (Å²) < 4.78 is 8.63. The Hall–Kier alpha value is -1.12. The van der Waals surface area contributed by atoms with Gasteiger partial charge < -0.3 is 15.7 Å². The van der Waals surface area contributed by atoms with E-state index in [0.29, 0.717) is 13.2 Å². The number of aryl methyl sites for hydroxylation is 2. The summed E-state index contributed by atoms with van der Waals surface area (Å²) in [5.74, 6) is 0.122. The Morgan fingerprint density at radius 2 is 2.33 bits per heavy atom. The Labute approximate surface area is 132 Å². The van der Waals surface area contributed by atoms with Crippen molar-refractivity contribution < 1.29 is 9.94 Å². The van der Waals surface area contributed by atoms with Crippen LogP contribution in [0, 0.1) is 0 Å². The zero-order valence-corrected chi connectivity index (χ0v) is 14.0. The Morgan fingerprint density at radius 3 is 2.95 bits per heavy atom. The normalized spacial score (nSPS) is 20.9. The van der Waals surface area contributed by atoms with Crippen molar-refractivity contribution in [3.8, 4) is 0 Å². The van der Waals surface area contributed by atoms with Gasteiger partial charge in [0.25, 0.3) is 0 Å². The largest absolute Gasteiger partial charge is 0.409 e. The number of hydrogen-bond donors (Lipinski definition) is 2. The number of morpholine rings is 1. The molecule has 0 amide bonds. The number of hydrogen-bond acceptors (Lipinski definition) is 5. The van der Waals surface area contributed by atoms with Crippen LogP contribution in [-0.4, -0.2) is 51.5 Å². The van der Waals surface area contributed by atoms with Crippen molar-refractivity contribution in [2.45, 2.75) is 39.5 Å². The van der Waals surface area contributed by atoms with E-state index < -0.39 is 0 Å². The average molecular weight is 360 g/mol. The molecule has 1 aliphatic heterocycles. The number of ether oxygens (including phenoxy) is 1. The highest BCUT2D eigenvalue weighted by Crippen LogP contribution is 2.24. The third-order valence-electron chi connectivity index (χ3n) is 3.66. The summed E-state index contributed by atoms with van der Waals surface area (Å²) in [6, 6.07) is 0. The fourth-order valence-corrected chi connectivity index (χ4v) is 3.16. The van der Waals surface area contributed by atoms with Crippen LogP contribution in [0.25, 0.3) is 0 Å². The second-order valence-corrected chi connectivity index (χ2v) is 5.79. The lowest BCUT2D eigenvalue weighted by Gasteiger charge is -2.32. The van der Waals surface area contributed by atoms with Crippen molar-refractivity contribution in [2.75, 3.05) is 19.7 Å². The predicted molar refractivity (Wildman–Crippen MR) is 83.4 cm³/mol. The molecule has 7 nitrogen and oxygen atoms in total. The van der Waals surface area contributed by atoms with Crippen molar-refractivity contribution in [2.24, 2.45) is 10.9 Å². The van der Waals surface area contributed by atoms with Crippen LogP contribution in [0.15, 0.2) is 9.63 Å². The molecule has 0 aliphatic carbocycles. The molecule has 0 saturated carbocycles. The van der Waals surface area contributed by atoms with Crippen LogP contribution >= 0.6 is 15.9 Å². The first-order chi connectivity index (χ1) is 10.1. The van der Waals surface area contributed by atoms with Crippen LogP contribution in [0.5, 0.6) is 0 Å². The molecule has 1 unspecified atom stereocenters. The lowest BCUT2D eigenvalue weighted by molar-refractivity contribution is 0.000433. The first-order valence-corrected chi connectivity index (χ1v) is 7.95. The standard InChI is InChI=1S/C13H22BrN5O2/c1-3-9-12(14)10(19(4-2)16-9)7-18-5-6-21-11(8-18)13(15)17-20/h11,20H,3-8H2,1-2H3,(H2,15,17). The molecule has 0 bridgehead atoms. The Kier molecular flexibility index (Phi) is 5.60. The van der Waals surface area contributed by atoms with Crippen molar-refractivity contribution in [1.82, 2.24) is 14.7 Å². The molecule has 1 aliphatic rings. The highest BCUT2D eigenvalue weighted by Gasteiger charge is 2.26. The van der Waals surface area contributed by atoms with Gasteiger partial charge in [-0.25, -0.2) is 0 Å². The van der Waals surface area contributed by atoms with Crippen molar-refractivity contribution >= 4 is 21.8 Å². The van der Waals surface area contributed by atoms with Crippen LogP contribution in [0.2, 0.25) is 0 Å². The molecular weight excluding hydrogens is 338 g/mol. The third-order valence-corrected chi connectivity index (χ3v) is 4.58. The maximum atomic E-state index is 8.77. The van der Waals surface area contributed by atoms with E-state index in [1.54, 1.807) is 0 Å². The number of aromatic nitrogens is 2. The molecular formula is C13H22BrN5O2. The zero-order chi connectivity index (χ0) is 15.4. The summed E-state index contributed by atoms with van der Waals surface area (Å²) in [7, 11) is 0. The van der Waals surface area contributed by atoms with E-state index >= 15 is 0 Å². The summed E-state index contributed by atoms with van der Waals surface area (Å²) in [5.41, 5.74) is 7.87. The minimum atomic E-state index is -0.355. The van der Waals surface area contributed by atoms with Gasteiger partial charge in [0.05, 0.1) is 22.5 Å². The smallest absolute Gasteiger partial charge is 0.169 e. The van der Waals surface area contributed by atoms with E-state index in [-0.39, 0.29) is 11.9 Å². The number of halogens is 1. The molecule has 118 valence electrons. The van der Waals surface area contributed by atoms with Gasteiger partial charge >= 0.3 is 0 Å². The highest BCUT2D eigenvalue weighted by molar-refractivity contribution is 9.10. The molecule has 1 aromatic rings. The minimum Gasteiger partial charge on any atom is -0.409 e. The molecule has 21 heavy (non-hydrogen) atoms. The predicted octanol–water partition coefficient (Wildman–Crippen LogP) is 1.18. The van der Waals surface area contributed by atoms with Crippen LogP contribution in [0.3, 0.4) is 0 Å². The van der Waals surface area contributed by atoms with Gasteiger partial charge in [0, 0.05) is 26.2 Å². The van der Waals surface area contributed by atoms with E-state index in [4.69, 9.17) is 15.7 Å². The molecule has 1 fully saturated rings. The van der Waals surface area contributed by atoms with Gasteiger partial charge in [-0.3, -0.25) is 9.58 Å². The zero-order valence-electron chi connectivity index (χ0n) is 12.4. The first kappa shape index (κ1) is 16.3. The minimum absolute atomic E-state index is 0.122. The van der Waals surface area contributed by atoms with Gasteiger partial charge in [-0.05, 0) is 29.3 Å². The lowest BCUT2D eigenvalue weighted by atomic mass is 10.2. The average Bonchev–Trinajstić information content (AvgIpc) is 2.82. The van der Waals surface area contributed by atoms with Gasteiger partial charge in [0.2, 0.25) is 0 Å². The third kappa shape index (κ3) is 3.56. The molecule has 1 aromatic heterocycles. The SMILES string of the molecule is CCc1nn(CC)c(CN2CCOC(C(N)=NO)C2)c1Br. The van der Waals surface area contributed by atoms with E-state index in [1.807, 2.05) is 4.68 Å². The number of nitrogens with two attached hydrogens (primary N) is 1. The molecule has 3 N–H and O–H groups in total. The molecule has 1 saturated heterocycles. The molecule has 2 heterocycles. The summed E-state index contributed by atoms with van der Waals surface area (Å²) in [6.07, 6.45) is 0.544. The number of rotatable bonds is 5. The monoisotopic (exact) mass is 359 g/mol. The summed E-state index contributed by atoms with van der Waals surface area (Å²) in [5, 5.41) is 16.4. The molecule has 0 radical (unpaired) electrons. The number of nitrogens with zero attached hydrogens (tertiary/aromatic N) is 4. The summed E-state index contributed by atoms with van der Waals surface area (Å²) >= 11 is 3.66. The second-order valence-electron chi connectivity index (χ2n) is 5.00. The molecule has 1 atom stereocenters. The number of amidine groups is 1. The Bertz CT molecular complexity index is 517. The van der Waals surface area contributed by atoms with Crippen LogP contribution < -0.4 is 5.73 Å². The fraction of sp³-hybridized carbons (Fsp3) is 0.692. The van der Waals surface area contributed by atoms with Crippen LogP contribution in [0.4, 0.5) is 0 Å². The van der Waals surface area contributed by atoms with Gasteiger partial charge in [0.1, 0.15) is 6.10 Å². The van der Waals surface area contributed by atoms with Crippen molar-refractivity contribution in [1.29, 1.82) is 0 Å².